The van der Waals surface area contributed by atoms with Crippen molar-refractivity contribution in [2.45, 2.75) is 52.2 Å². The van der Waals surface area contributed by atoms with Crippen LogP contribution in [0.1, 0.15) is 40.5 Å². The summed E-state index contributed by atoms with van der Waals surface area (Å²) in [6, 6.07) is 0.748. The molecular formula is C10H24NP. The van der Waals surface area contributed by atoms with Crippen molar-refractivity contribution in [2.75, 3.05) is 13.1 Å². The molecule has 0 aliphatic carbocycles. The van der Waals surface area contributed by atoms with E-state index >= 15 is 0 Å². The normalized spacial score (nSPS) is 20.5. The van der Waals surface area contributed by atoms with E-state index in [0.29, 0.717) is 0 Å². The van der Waals surface area contributed by atoms with Crippen molar-refractivity contribution < 1.29 is 0 Å². The number of hydrogen-bond acceptors (Lipinski definition) is 1. The van der Waals surface area contributed by atoms with Crippen LogP contribution in [0.5, 0.6) is 0 Å². The molecule has 0 radical (unpaired) electrons. The van der Waals surface area contributed by atoms with E-state index in [-0.39, 0.29) is 0 Å². The zero-order valence-corrected chi connectivity index (χ0v) is 10.2. The Kier molecular flexibility index (Phi) is 7.08. The molecule has 1 aliphatic heterocycles. The second-order valence-corrected chi connectivity index (χ2v) is 4.41. The maximum Gasteiger partial charge on any atom is 0.00385 e. The molecule has 0 saturated carbocycles. The lowest BCUT2D eigenvalue weighted by molar-refractivity contribution is 0.188. The molecule has 1 nitrogen and oxygen atoms in total. The van der Waals surface area contributed by atoms with Gasteiger partial charge in [0.05, 0.1) is 0 Å². The van der Waals surface area contributed by atoms with Crippen LogP contribution in [-0.4, -0.2) is 29.7 Å². The van der Waals surface area contributed by atoms with Crippen LogP contribution in [0.3, 0.4) is 0 Å². The minimum atomic E-state index is 0.748. The van der Waals surface area contributed by atoms with Crippen molar-refractivity contribution in [3.8, 4) is 0 Å². The van der Waals surface area contributed by atoms with E-state index in [1.807, 2.05) is 13.8 Å². The predicted molar refractivity (Wildman–Crippen MR) is 60.8 cm³/mol. The molecule has 0 aromatic rings. The number of likely N-dealkylation sites (tertiary alicyclic amines) is 1. The van der Waals surface area contributed by atoms with Gasteiger partial charge in [0, 0.05) is 6.04 Å². The summed E-state index contributed by atoms with van der Waals surface area (Å²) in [4.78, 5) is 2.56. The first-order chi connectivity index (χ1) is 5.70. The fourth-order valence-electron chi connectivity index (χ4n) is 1.44. The summed E-state index contributed by atoms with van der Waals surface area (Å²) in [7, 11) is 2.93. The Balaban J connectivity index is 0.000000561. The topological polar surface area (TPSA) is 3.24 Å². The molecule has 1 saturated heterocycles. The predicted octanol–water partition coefficient (Wildman–Crippen LogP) is 2.76. The Morgan fingerprint density at radius 1 is 1.17 bits per heavy atom. The quantitative estimate of drug-likeness (QED) is 0.573. The average molecular weight is 189 g/mol. The van der Waals surface area contributed by atoms with Gasteiger partial charge >= 0.3 is 0 Å². The van der Waals surface area contributed by atoms with E-state index in [4.69, 9.17) is 0 Å². The van der Waals surface area contributed by atoms with Crippen LogP contribution in [0.2, 0.25) is 0 Å². The summed E-state index contributed by atoms with van der Waals surface area (Å²) in [5, 5.41) is 0. The first kappa shape index (κ1) is 12.4. The molecule has 2 heteroatoms. The van der Waals surface area contributed by atoms with Crippen LogP contribution < -0.4 is 0 Å². The Morgan fingerprint density at radius 3 is 1.92 bits per heavy atom. The molecule has 0 bridgehead atoms. The molecule has 0 aromatic carbocycles. The summed E-state index contributed by atoms with van der Waals surface area (Å²) in [6.45, 7) is 11.2. The summed E-state index contributed by atoms with van der Waals surface area (Å²) in [5.74, 6) is 0. The van der Waals surface area contributed by atoms with Gasteiger partial charge in [0.15, 0.2) is 0 Å². The lowest BCUT2D eigenvalue weighted by Crippen LogP contribution is -2.38. The van der Waals surface area contributed by atoms with Crippen LogP contribution in [0.25, 0.3) is 0 Å². The van der Waals surface area contributed by atoms with Crippen molar-refractivity contribution in [3.63, 3.8) is 0 Å². The molecule has 0 spiro atoms. The molecule has 74 valence electrons. The van der Waals surface area contributed by atoms with Crippen LogP contribution >= 0.6 is 9.24 Å². The second kappa shape index (κ2) is 6.86. The van der Waals surface area contributed by atoms with E-state index < -0.39 is 0 Å². The highest BCUT2D eigenvalue weighted by Crippen LogP contribution is 2.18. The highest BCUT2D eigenvalue weighted by atomic mass is 31.0. The van der Waals surface area contributed by atoms with Gasteiger partial charge in [-0.2, -0.15) is 0 Å². The van der Waals surface area contributed by atoms with Gasteiger partial charge in [-0.25, -0.2) is 0 Å². The van der Waals surface area contributed by atoms with Gasteiger partial charge in [0.1, 0.15) is 0 Å². The van der Waals surface area contributed by atoms with E-state index in [2.05, 4.69) is 28.0 Å². The Hall–Kier alpha value is 0.390. The second-order valence-electron chi connectivity index (χ2n) is 3.47. The minimum absolute atomic E-state index is 0.748. The lowest BCUT2D eigenvalue weighted by atomic mass is 10.1. The van der Waals surface area contributed by atoms with Crippen molar-refractivity contribution >= 4 is 9.24 Å². The minimum Gasteiger partial charge on any atom is -0.301 e. The Bertz CT molecular complexity index is 96.0. The maximum absolute atomic E-state index is 2.93. The van der Waals surface area contributed by atoms with Crippen molar-refractivity contribution in [1.82, 2.24) is 4.90 Å². The summed E-state index contributed by atoms with van der Waals surface area (Å²) >= 11 is 0. The van der Waals surface area contributed by atoms with Gasteiger partial charge in [0.25, 0.3) is 0 Å². The molecule has 0 amide bonds. The van der Waals surface area contributed by atoms with Gasteiger partial charge in [-0.3, -0.25) is 0 Å². The first-order valence-electron chi connectivity index (χ1n) is 5.20. The lowest BCUT2D eigenvalue weighted by Gasteiger charge is -2.32. The molecule has 1 heterocycles. The molecular weight excluding hydrogens is 165 g/mol. The van der Waals surface area contributed by atoms with Crippen molar-refractivity contribution in [3.05, 3.63) is 0 Å². The first-order valence-corrected chi connectivity index (χ1v) is 5.86. The Morgan fingerprint density at radius 2 is 1.58 bits per heavy atom. The molecule has 1 rings (SSSR count). The fourth-order valence-corrected chi connectivity index (χ4v) is 1.73. The monoisotopic (exact) mass is 189 g/mol. The van der Waals surface area contributed by atoms with Gasteiger partial charge in [-0.1, -0.05) is 13.8 Å². The largest absolute Gasteiger partial charge is 0.301 e. The van der Waals surface area contributed by atoms with E-state index in [1.165, 1.54) is 25.9 Å². The zero-order chi connectivity index (χ0) is 9.56. The average Bonchev–Trinajstić information content (AvgIpc) is 2.09. The maximum atomic E-state index is 2.93. The van der Waals surface area contributed by atoms with E-state index in [1.54, 1.807) is 0 Å². The molecule has 12 heavy (non-hydrogen) atoms. The summed E-state index contributed by atoms with van der Waals surface area (Å²) in [6.07, 6.45) is 2.73. The summed E-state index contributed by atoms with van der Waals surface area (Å²) < 4.78 is 0. The molecule has 1 atom stereocenters. The highest BCUT2D eigenvalue weighted by molar-refractivity contribution is 7.17. The van der Waals surface area contributed by atoms with E-state index in [0.717, 1.165) is 11.7 Å². The third-order valence-electron chi connectivity index (χ3n) is 2.30. The molecule has 1 aliphatic rings. The fraction of sp³-hybridized carbons (Fsp3) is 1.00. The third kappa shape index (κ3) is 4.42. The van der Waals surface area contributed by atoms with Gasteiger partial charge < -0.3 is 4.90 Å². The van der Waals surface area contributed by atoms with Crippen LogP contribution in [0.4, 0.5) is 0 Å². The number of rotatable bonds is 1. The van der Waals surface area contributed by atoms with Crippen molar-refractivity contribution in [2.24, 2.45) is 0 Å². The van der Waals surface area contributed by atoms with Crippen LogP contribution in [0.15, 0.2) is 0 Å². The number of hydrogen-bond donors (Lipinski definition) is 0. The number of piperidine rings is 1. The number of nitrogens with zero attached hydrogens (tertiary/aromatic N) is 1. The standard InChI is InChI=1S/C8H18NP.C2H6/c1-7(2)9-5-3-8(10)4-6-9;1-2/h7-8H,3-6,10H2,1-2H3;1-2H3. The molecule has 1 fully saturated rings. The zero-order valence-electron chi connectivity index (χ0n) is 9.01. The van der Waals surface area contributed by atoms with Gasteiger partial charge in [-0.05, 0) is 45.4 Å². The SMILES string of the molecule is CC.CC(C)N1CCC(P)CC1. The summed E-state index contributed by atoms with van der Waals surface area (Å²) in [5.41, 5.74) is 0.884. The smallest absolute Gasteiger partial charge is 0.00385 e. The highest BCUT2D eigenvalue weighted by Gasteiger charge is 2.16. The molecule has 0 aromatic heterocycles. The van der Waals surface area contributed by atoms with Crippen LogP contribution in [-0.2, 0) is 0 Å². The van der Waals surface area contributed by atoms with Gasteiger partial charge in [0.2, 0.25) is 0 Å². The Labute approximate surface area is 80.1 Å². The molecule has 1 unspecified atom stereocenters. The molecule has 0 N–H and O–H groups in total. The van der Waals surface area contributed by atoms with Crippen molar-refractivity contribution in [1.29, 1.82) is 0 Å². The van der Waals surface area contributed by atoms with Gasteiger partial charge in [-0.15, -0.1) is 9.24 Å². The third-order valence-corrected chi connectivity index (χ3v) is 2.97. The van der Waals surface area contributed by atoms with E-state index in [9.17, 15) is 0 Å². The van der Waals surface area contributed by atoms with Crippen LogP contribution in [0, 0.1) is 0 Å².